The fourth-order valence-corrected chi connectivity index (χ4v) is 3.07. The molecule has 0 N–H and O–H groups in total. The number of hydrogen-bond donors (Lipinski definition) is 0. The van der Waals surface area contributed by atoms with E-state index in [4.69, 9.17) is 18.9 Å². The lowest BCUT2D eigenvalue weighted by Gasteiger charge is -2.18. The first-order chi connectivity index (χ1) is 11.6. The minimum atomic E-state index is -0.209. The van der Waals surface area contributed by atoms with Crippen LogP contribution in [0.3, 0.4) is 0 Å². The van der Waals surface area contributed by atoms with Crippen molar-refractivity contribution in [2.75, 3.05) is 21.3 Å². The smallest absolute Gasteiger partial charge is 0.165 e. The summed E-state index contributed by atoms with van der Waals surface area (Å²) in [7, 11) is 4.80. The molecule has 0 fully saturated rings. The van der Waals surface area contributed by atoms with E-state index >= 15 is 0 Å². The van der Waals surface area contributed by atoms with E-state index in [9.17, 15) is 4.79 Å². The normalized spacial score (nSPS) is 18.5. The Bertz CT molecular complexity index is 746. The van der Waals surface area contributed by atoms with E-state index in [1.54, 1.807) is 27.4 Å². The lowest BCUT2D eigenvalue weighted by molar-refractivity contribution is 0.112. The second-order valence-corrected chi connectivity index (χ2v) is 5.73. The number of aldehydes is 1. The van der Waals surface area contributed by atoms with Gasteiger partial charge >= 0.3 is 0 Å². The van der Waals surface area contributed by atoms with E-state index in [-0.39, 0.29) is 12.0 Å². The molecule has 5 nitrogen and oxygen atoms in total. The number of ether oxygens (including phenoxy) is 4. The second-order valence-electron chi connectivity index (χ2n) is 5.73. The summed E-state index contributed by atoms with van der Waals surface area (Å²) in [5, 5.41) is 0. The predicted molar refractivity (Wildman–Crippen MR) is 89.7 cm³/mol. The molecule has 5 heteroatoms. The van der Waals surface area contributed by atoms with Gasteiger partial charge < -0.3 is 18.9 Å². The standard InChI is InChI=1S/C19H20O5/c1-11-16-5-12(10-20)6-17(23-4)19(16)24-18(11)13-7-14(21-2)9-15(8-13)22-3/h5-11,18H,1-4H3/t11-,18-/m0/s1. The van der Waals surface area contributed by atoms with E-state index in [1.807, 2.05) is 24.3 Å². The minimum Gasteiger partial charge on any atom is -0.497 e. The summed E-state index contributed by atoms with van der Waals surface area (Å²) in [5.41, 5.74) is 2.48. The molecule has 0 aliphatic carbocycles. The third kappa shape index (κ3) is 2.66. The van der Waals surface area contributed by atoms with Crippen LogP contribution >= 0.6 is 0 Å². The molecule has 1 aliphatic heterocycles. The van der Waals surface area contributed by atoms with E-state index in [2.05, 4.69) is 6.92 Å². The van der Waals surface area contributed by atoms with Gasteiger partial charge in [0.2, 0.25) is 0 Å². The highest BCUT2D eigenvalue weighted by molar-refractivity contribution is 5.78. The lowest BCUT2D eigenvalue weighted by Crippen LogP contribution is -2.08. The van der Waals surface area contributed by atoms with Gasteiger partial charge in [-0.25, -0.2) is 0 Å². The molecule has 24 heavy (non-hydrogen) atoms. The zero-order chi connectivity index (χ0) is 17.3. The van der Waals surface area contributed by atoms with Gasteiger partial charge in [-0.05, 0) is 24.3 Å². The average molecular weight is 328 g/mol. The molecule has 2 aromatic carbocycles. The van der Waals surface area contributed by atoms with Crippen molar-refractivity contribution in [3.63, 3.8) is 0 Å². The number of fused-ring (bicyclic) bond motifs is 1. The monoisotopic (exact) mass is 328 g/mol. The molecule has 126 valence electrons. The van der Waals surface area contributed by atoms with Crippen LogP contribution in [0.1, 0.15) is 40.4 Å². The summed E-state index contributed by atoms with van der Waals surface area (Å²) in [5.74, 6) is 2.72. The first-order valence-electron chi connectivity index (χ1n) is 7.68. The number of hydrogen-bond acceptors (Lipinski definition) is 5. The van der Waals surface area contributed by atoms with Crippen molar-refractivity contribution >= 4 is 6.29 Å². The number of rotatable bonds is 5. The first kappa shape index (κ1) is 16.2. The Morgan fingerprint density at radius 3 is 2.17 bits per heavy atom. The van der Waals surface area contributed by atoms with Crippen molar-refractivity contribution in [3.8, 4) is 23.0 Å². The SMILES string of the molecule is COc1cc(OC)cc([C@H]2Oc3c(OC)cc(C=O)cc3[C@@H]2C)c1. The van der Waals surface area contributed by atoms with Gasteiger partial charge in [0.1, 0.15) is 23.9 Å². The molecule has 0 unspecified atom stereocenters. The van der Waals surface area contributed by atoms with Crippen LogP contribution in [-0.4, -0.2) is 27.6 Å². The maximum Gasteiger partial charge on any atom is 0.165 e. The fraction of sp³-hybridized carbons (Fsp3) is 0.316. The molecule has 0 aromatic heterocycles. The summed E-state index contributed by atoms with van der Waals surface area (Å²) in [4.78, 5) is 11.2. The average Bonchev–Trinajstić information content (AvgIpc) is 2.97. The zero-order valence-electron chi connectivity index (χ0n) is 14.2. The van der Waals surface area contributed by atoms with Crippen molar-refractivity contribution in [3.05, 3.63) is 47.0 Å². The maximum absolute atomic E-state index is 11.2. The zero-order valence-corrected chi connectivity index (χ0v) is 14.2. The molecule has 3 rings (SSSR count). The fourth-order valence-electron chi connectivity index (χ4n) is 3.07. The van der Waals surface area contributed by atoms with Crippen molar-refractivity contribution < 1.29 is 23.7 Å². The van der Waals surface area contributed by atoms with Gasteiger partial charge in [-0.15, -0.1) is 0 Å². The number of carbonyl (C=O) groups excluding carboxylic acids is 1. The molecule has 0 amide bonds. The molecule has 0 spiro atoms. The predicted octanol–water partition coefficient (Wildman–Crippen LogP) is 3.76. The summed E-state index contributed by atoms with van der Waals surface area (Å²) in [6, 6.07) is 9.23. The molecule has 0 radical (unpaired) electrons. The van der Waals surface area contributed by atoms with Gasteiger partial charge in [-0.2, -0.15) is 0 Å². The van der Waals surface area contributed by atoms with Gasteiger partial charge in [-0.1, -0.05) is 6.92 Å². The van der Waals surface area contributed by atoms with Gasteiger partial charge in [0.25, 0.3) is 0 Å². The molecule has 1 aliphatic rings. The highest BCUT2D eigenvalue weighted by atomic mass is 16.5. The van der Waals surface area contributed by atoms with E-state index in [0.29, 0.717) is 28.6 Å². The van der Waals surface area contributed by atoms with Crippen molar-refractivity contribution in [1.29, 1.82) is 0 Å². The van der Waals surface area contributed by atoms with Gasteiger partial charge in [-0.3, -0.25) is 4.79 Å². The first-order valence-corrected chi connectivity index (χ1v) is 7.68. The van der Waals surface area contributed by atoms with E-state index in [1.165, 1.54) is 0 Å². The Kier molecular flexibility index (Phi) is 4.34. The molecular formula is C19H20O5. The van der Waals surface area contributed by atoms with Crippen LogP contribution in [0.5, 0.6) is 23.0 Å². The van der Waals surface area contributed by atoms with Crippen LogP contribution < -0.4 is 18.9 Å². The van der Waals surface area contributed by atoms with Crippen LogP contribution in [0.4, 0.5) is 0 Å². The van der Waals surface area contributed by atoms with Gasteiger partial charge in [0.15, 0.2) is 11.5 Å². The van der Waals surface area contributed by atoms with Crippen LogP contribution in [0, 0.1) is 0 Å². The highest BCUT2D eigenvalue weighted by Gasteiger charge is 2.35. The Balaban J connectivity index is 2.05. The summed E-state index contributed by atoms with van der Waals surface area (Å²) in [6.45, 7) is 2.07. The third-order valence-electron chi connectivity index (χ3n) is 4.35. The molecule has 0 saturated heterocycles. The number of benzene rings is 2. The largest absolute Gasteiger partial charge is 0.497 e. The molecule has 2 atom stereocenters. The van der Waals surface area contributed by atoms with E-state index < -0.39 is 0 Å². The number of methoxy groups -OCH3 is 3. The Labute approximate surface area is 141 Å². The summed E-state index contributed by atoms with van der Waals surface area (Å²) < 4.78 is 22.3. The number of carbonyl (C=O) groups is 1. The quantitative estimate of drug-likeness (QED) is 0.782. The third-order valence-corrected chi connectivity index (χ3v) is 4.35. The van der Waals surface area contributed by atoms with Crippen LogP contribution in [0.15, 0.2) is 30.3 Å². The Morgan fingerprint density at radius 1 is 0.958 bits per heavy atom. The molecule has 1 heterocycles. The lowest BCUT2D eigenvalue weighted by atomic mass is 9.91. The summed E-state index contributed by atoms with van der Waals surface area (Å²) >= 11 is 0. The maximum atomic E-state index is 11.2. The summed E-state index contributed by atoms with van der Waals surface area (Å²) in [6.07, 6.45) is 0.608. The Hall–Kier alpha value is -2.69. The molecular weight excluding hydrogens is 308 g/mol. The van der Waals surface area contributed by atoms with E-state index in [0.717, 1.165) is 17.4 Å². The van der Waals surface area contributed by atoms with Crippen molar-refractivity contribution in [1.82, 2.24) is 0 Å². The molecule has 0 bridgehead atoms. The van der Waals surface area contributed by atoms with Crippen LogP contribution in [0.25, 0.3) is 0 Å². The van der Waals surface area contributed by atoms with Crippen LogP contribution in [-0.2, 0) is 0 Å². The second kappa shape index (κ2) is 6.43. The van der Waals surface area contributed by atoms with Crippen LogP contribution in [0.2, 0.25) is 0 Å². The molecule has 2 aromatic rings. The molecule has 0 saturated carbocycles. The Morgan fingerprint density at radius 2 is 1.62 bits per heavy atom. The topological polar surface area (TPSA) is 54.0 Å². The van der Waals surface area contributed by atoms with Gasteiger partial charge in [0.05, 0.1) is 21.3 Å². The van der Waals surface area contributed by atoms with Gasteiger partial charge in [0, 0.05) is 28.7 Å². The van der Waals surface area contributed by atoms with Crippen molar-refractivity contribution in [2.24, 2.45) is 0 Å². The minimum absolute atomic E-state index is 0.0608. The highest BCUT2D eigenvalue weighted by Crippen LogP contribution is 2.51. The van der Waals surface area contributed by atoms with Crippen molar-refractivity contribution in [2.45, 2.75) is 18.9 Å².